The van der Waals surface area contributed by atoms with Crippen LogP contribution in [0, 0.1) is 0 Å². The van der Waals surface area contributed by atoms with Crippen molar-refractivity contribution in [2.75, 3.05) is 30.8 Å². The molecule has 35 heavy (non-hydrogen) atoms. The molecule has 0 heterocycles. The average Bonchev–Trinajstić information content (AvgIpc) is 2.80. The topological polar surface area (TPSA) is 96.0 Å². The molecule has 0 saturated carbocycles. The minimum Gasteiger partial charge on any atom is -0.492 e. The number of ether oxygens (including phenoxy) is 1. The normalized spacial score (nSPS) is 12.1. The largest absolute Gasteiger partial charge is 0.492 e. The number of benzene rings is 2. The fraction of sp³-hybridized carbons (Fsp3) is 0.417. The Balaban J connectivity index is 2.21. The number of likely N-dealkylation sites (N-methyl/N-ethyl adjacent to an activating group) is 1. The van der Waals surface area contributed by atoms with Gasteiger partial charge in [0.1, 0.15) is 11.8 Å². The minimum atomic E-state index is -3.63. The van der Waals surface area contributed by atoms with Gasteiger partial charge in [0.2, 0.25) is 21.8 Å². The lowest BCUT2D eigenvalue weighted by atomic mass is 10.1. The molecule has 0 spiro atoms. The van der Waals surface area contributed by atoms with Gasteiger partial charge in [0, 0.05) is 36.6 Å². The number of para-hydroxylation sites is 2. The summed E-state index contributed by atoms with van der Waals surface area (Å²) in [7, 11) is -2.14. The van der Waals surface area contributed by atoms with Gasteiger partial charge >= 0.3 is 0 Å². The molecule has 0 radical (unpaired) electrons. The number of amides is 2. The molecule has 192 valence electrons. The maximum Gasteiger partial charge on any atom is 0.242 e. The number of hydrogen-bond acceptors (Lipinski definition) is 5. The van der Waals surface area contributed by atoms with Gasteiger partial charge in [-0.25, -0.2) is 8.42 Å². The number of carbonyl (C=O) groups excluding carboxylic acids is 2. The van der Waals surface area contributed by atoms with E-state index in [1.54, 1.807) is 49.4 Å². The van der Waals surface area contributed by atoms with Crippen LogP contribution < -0.4 is 14.4 Å². The van der Waals surface area contributed by atoms with E-state index in [-0.39, 0.29) is 37.7 Å². The van der Waals surface area contributed by atoms with Crippen LogP contribution in [0.2, 0.25) is 10.0 Å². The van der Waals surface area contributed by atoms with E-state index in [0.717, 1.165) is 6.26 Å². The highest BCUT2D eigenvalue weighted by atomic mass is 35.5. The molecule has 1 unspecified atom stereocenters. The Labute approximate surface area is 217 Å². The van der Waals surface area contributed by atoms with E-state index in [1.807, 2.05) is 6.92 Å². The molecule has 2 aromatic rings. The summed E-state index contributed by atoms with van der Waals surface area (Å²) in [4.78, 5) is 27.0. The van der Waals surface area contributed by atoms with Crippen LogP contribution in [0.3, 0.4) is 0 Å². The fourth-order valence-corrected chi connectivity index (χ4v) is 4.99. The molecule has 0 aromatic heterocycles. The zero-order chi connectivity index (χ0) is 26.2. The number of sulfonamides is 1. The van der Waals surface area contributed by atoms with Gasteiger partial charge < -0.3 is 15.0 Å². The maximum absolute atomic E-state index is 13.2. The first-order valence-corrected chi connectivity index (χ1v) is 13.7. The summed E-state index contributed by atoms with van der Waals surface area (Å²) in [5.41, 5.74) is 1.05. The van der Waals surface area contributed by atoms with Crippen molar-refractivity contribution in [3.63, 3.8) is 0 Å². The number of carbonyl (C=O) groups is 2. The molecule has 0 aliphatic carbocycles. The molecular weight excluding hydrogens is 513 g/mol. The molecule has 11 heteroatoms. The van der Waals surface area contributed by atoms with E-state index < -0.39 is 16.1 Å². The number of halogens is 2. The van der Waals surface area contributed by atoms with E-state index >= 15 is 0 Å². The van der Waals surface area contributed by atoms with Crippen molar-refractivity contribution in [3.8, 4) is 5.75 Å². The van der Waals surface area contributed by atoms with Crippen molar-refractivity contribution in [1.29, 1.82) is 0 Å². The molecular formula is C24H31Cl2N3O5S. The summed E-state index contributed by atoms with van der Waals surface area (Å²) >= 11 is 12.3. The first-order valence-electron chi connectivity index (χ1n) is 11.1. The van der Waals surface area contributed by atoms with Crippen molar-refractivity contribution in [1.82, 2.24) is 10.2 Å². The molecule has 2 rings (SSSR count). The zero-order valence-electron chi connectivity index (χ0n) is 20.3. The van der Waals surface area contributed by atoms with Crippen LogP contribution in [0.4, 0.5) is 5.69 Å². The Kier molecular flexibility index (Phi) is 10.7. The number of rotatable bonds is 12. The van der Waals surface area contributed by atoms with Crippen LogP contribution in [0.1, 0.15) is 32.3 Å². The first kappa shape index (κ1) is 28.7. The smallest absolute Gasteiger partial charge is 0.242 e. The van der Waals surface area contributed by atoms with Gasteiger partial charge in [-0.1, -0.05) is 41.4 Å². The van der Waals surface area contributed by atoms with Crippen LogP contribution in [0.25, 0.3) is 0 Å². The number of anilines is 1. The van der Waals surface area contributed by atoms with E-state index in [1.165, 1.54) is 16.3 Å². The number of nitrogens with one attached hydrogen (secondary N) is 1. The fourth-order valence-electron chi connectivity index (χ4n) is 3.55. The van der Waals surface area contributed by atoms with E-state index in [0.29, 0.717) is 33.7 Å². The monoisotopic (exact) mass is 543 g/mol. The van der Waals surface area contributed by atoms with Crippen molar-refractivity contribution < 1.29 is 22.7 Å². The quantitative estimate of drug-likeness (QED) is 0.434. The molecule has 0 saturated heterocycles. The van der Waals surface area contributed by atoms with Gasteiger partial charge in [-0.15, -0.1) is 0 Å². The van der Waals surface area contributed by atoms with Gasteiger partial charge in [-0.2, -0.15) is 0 Å². The second-order valence-electron chi connectivity index (χ2n) is 7.89. The summed E-state index contributed by atoms with van der Waals surface area (Å²) < 4.78 is 31.9. The minimum absolute atomic E-state index is 0.0232. The standard InChI is InChI=1S/C24H31Cl2N3O5S/c1-5-34-22-10-7-6-9-21(22)29(35(4,32)33)14-8-11-23(30)28(17(2)24(31)27-3)16-18-12-13-19(25)15-20(18)26/h6-7,9-10,12-13,15,17H,5,8,11,14,16H2,1-4H3,(H,27,31). The van der Waals surface area contributed by atoms with Gasteiger partial charge in [-0.3, -0.25) is 13.9 Å². The summed E-state index contributed by atoms with van der Waals surface area (Å²) in [6, 6.07) is 11.0. The molecule has 2 aromatic carbocycles. The van der Waals surface area contributed by atoms with Gasteiger partial charge in [0.25, 0.3) is 0 Å². The molecule has 1 atom stereocenters. The average molecular weight is 545 g/mol. The summed E-state index contributed by atoms with van der Waals surface area (Å²) in [6.07, 6.45) is 1.37. The van der Waals surface area contributed by atoms with Crippen LogP contribution in [0.5, 0.6) is 5.75 Å². The van der Waals surface area contributed by atoms with E-state index in [4.69, 9.17) is 27.9 Å². The maximum atomic E-state index is 13.2. The highest BCUT2D eigenvalue weighted by molar-refractivity contribution is 7.92. The lowest BCUT2D eigenvalue weighted by Crippen LogP contribution is -2.46. The van der Waals surface area contributed by atoms with Crippen molar-refractivity contribution in [2.24, 2.45) is 0 Å². The summed E-state index contributed by atoms with van der Waals surface area (Å²) in [5, 5.41) is 3.40. The summed E-state index contributed by atoms with van der Waals surface area (Å²) in [6.45, 7) is 3.99. The van der Waals surface area contributed by atoms with Crippen LogP contribution in [0.15, 0.2) is 42.5 Å². The molecule has 0 aliphatic rings. The Morgan fingerprint density at radius 2 is 1.83 bits per heavy atom. The summed E-state index contributed by atoms with van der Waals surface area (Å²) in [5.74, 6) is -0.190. The lowest BCUT2D eigenvalue weighted by Gasteiger charge is -2.29. The first-order chi connectivity index (χ1) is 16.5. The van der Waals surface area contributed by atoms with Crippen molar-refractivity contribution in [2.45, 2.75) is 39.3 Å². The third kappa shape index (κ3) is 8.02. The molecule has 2 amide bonds. The third-order valence-corrected chi connectivity index (χ3v) is 7.12. The number of nitrogens with zero attached hydrogens (tertiary/aromatic N) is 2. The highest BCUT2D eigenvalue weighted by Crippen LogP contribution is 2.30. The lowest BCUT2D eigenvalue weighted by molar-refractivity contribution is -0.140. The Hall–Kier alpha value is -2.49. The molecule has 0 bridgehead atoms. The molecule has 8 nitrogen and oxygen atoms in total. The molecule has 0 aliphatic heterocycles. The molecule has 0 fully saturated rings. The SMILES string of the molecule is CCOc1ccccc1N(CCCC(=O)N(Cc1ccc(Cl)cc1Cl)C(C)C(=O)NC)S(C)(=O)=O. The third-order valence-electron chi connectivity index (χ3n) is 5.36. The number of hydrogen-bond donors (Lipinski definition) is 1. The Morgan fingerprint density at radius 1 is 1.14 bits per heavy atom. The van der Waals surface area contributed by atoms with Gasteiger partial charge in [-0.05, 0) is 50.1 Å². The second kappa shape index (κ2) is 13.0. The second-order valence-corrected chi connectivity index (χ2v) is 10.6. The Bertz CT molecular complexity index is 1140. The molecule has 1 N–H and O–H groups in total. The van der Waals surface area contributed by atoms with Gasteiger partial charge in [0.05, 0.1) is 18.6 Å². The highest BCUT2D eigenvalue weighted by Gasteiger charge is 2.27. The van der Waals surface area contributed by atoms with Gasteiger partial charge in [0.15, 0.2) is 0 Å². The van der Waals surface area contributed by atoms with E-state index in [2.05, 4.69) is 5.32 Å². The van der Waals surface area contributed by atoms with Crippen molar-refractivity contribution in [3.05, 3.63) is 58.1 Å². The van der Waals surface area contributed by atoms with Crippen LogP contribution in [-0.2, 0) is 26.2 Å². The zero-order valence-corrected chi connectivity index (χ0v) is 22.6. The van der Waals surface area contributed by atoms with E-state index in [9.17, 15) is 18.0 Å². The van der Waals surface area contributed by atoms with Crippen molar-refractivity contribution >= 4 is 50.7 Å². The Morgan fingerprint density at radius 3 is 2.43 bits per heavy atom. The van der Waals surface area contributed by atoms with Crippen LogP contribution >= 0.6 is 23.2 Å². The van der Waals surface area contributed by atoms with Crippen LogP contribution in [-0.4, -0.2) is 57.6 Å². The predicted octanol–water partition coefficient (Wildman–Crippen LogP) is 4.10. The predicted molar refractivity (Wildman–Crippen MR) is 140 cm³/mol.